The molecule has 18 heavy (non-hydrogen) atoms. The van der Waals surface area contributed by atoms with Crippen molar-refractivity contribution in [2.24, 2.45) is 0 Å². The van der Waals surface area contributed by atoms with Crippen LogP contribution >= 0.6 is 0 Å². The lowest BCUT2D eigenvalue weighted by molar-refractivity contribution is -0.141. The zero-order valence-corrected chi connectivity index (χ0v) is 11.2. The summed E-state index contributed by atoms with van der Waals surface area (Å²) in [6.45, 7) is 2.96. The Balaban J connectivity index is 2.75. The van der Waals surface area contributed by atoms with E-state index in [2.05, 4.69) is 12.2 Å². The SMILES string of the molecule is CCCNC(CC(=O)OC)c1ccc(OC)cc1. The highest BCUT2D eigenvalue weighted by atomic mass is 16.5. The Hall–Kier alpha value is -1.55. The molecule has 0 radical (unpaired) electrons. The first-order chi connectivity index (χ1) is 8.71. The summed E-state index contributed by atoms with van der Waals surface area (Å²) in [7, 11) is 3.05. The maximum atomic E-state index is 11.4. The quantitative estimate of drug-likeness (QED) is 0.755. The van der Waals surface area contributed by atoms with Crippen LogP contribution in [0.3, 0.4) is 0 Å². The lowest BCUT2D eigenvalue weighted by atomic mass is 10.0. The van der Waals surface area contributed by atoms with Crippen LogP contribution in [0.5, 0.6) is 5.75 Å². The van der Waals surface area contributed by atoms with Gasteiger partial charge in [-0.15, -0.1) is 0 Å². The monoisotopic (exact) mass is 251 g/mol. The van der Waals surface area contributed by atoms with E-state index in [-0.39, 0.29) is 12.0 Å². The van der Waals surface area contributed by atoms with Crippen LogP contribution in [-0.2, 0) is 9.53 Å². The highest BCUT2D eigenvalue weighted by molar-refractivity contribution is 5.70. The number of hydrogen-bond acceptors (Lipinski definition) is 4. The van der Waals surface area contributed by atoms with E-state index in [0.717, 1.165) is 24.3 Å². The van der Waals surface area contributed by atoms with Gasteiger partial charge >= 0.3 is 5.97 Å². The standard InChI is InChI=1S/C14H21NO3/c1-4-9-15-13(10-14(16)18-3)11-5-7-12(17-2)8-6-11/h5-8,13,15H,4,9-10H2,1-3H3. The van der Waals surface area contributed by atoms with Gasteiger partial charge in [-0.25, -0.2) is 0 Å². The first-order valence-electron chi connectivity index (χ1n) is 6.15. The third-order valence-electron chi connectivity index (χ3n) is 2.76. The molecule has 4 heteroatoms. The van der Waals surface area contributed by atoms with Gasteiger partial charge in [-0.2, -0.15) is 0 Å². The molecular formula is C14H21NO3. The van der Waals surface area contributed by atoms with Crippen LogP contribution in [-0.4, -0.2) is 26.7 Å². The Kier molecular flexibility index (Phi) is 6.22. The molecule has 1 atom stereocenters. The van der Waals surface area contributed by atoms with Crippen molar-refractivity contribution in [3.63, 3.8) is 0 Å². The second-order valence-corrected chi connectivity index (χ2v) is 4.06. The predicted octanol–water partition coefficient (Wildman–Crippen LogP) is 2.30. The molecule has 100 valence electrons. The third kappa shape index (κ3) is 4.37. The number of benzene rings is 1. The highest BCUT2D eigenvalue weighted by Crippen LogP contribution is 2.20. The van der Waals surface area contributed by atoms with E-state index in [0.29, 0.717) is 6.42 Å². The molecule has 1 unspecified atom stereocenters. The van der Waals surface area contributed by atoms with E-state index in [1.807, 2.05) is 24.3 Å². The van der Waals surface area contributed by atoms with E-state index in [1.165, 1.54) is 7.11 Å². The van der Waals surface area contributed by atoms with E-state index in [4.69, 9.17) is 9.47 Å². The largest absolute Gasteiger partial charge is 0.497 e. The zero-order chi connectivity index (χ0) is 13.4. The molecule has 1 aromatic carbocycles. The van der Waals surface area contributed by atoms with Crippen molar-refractivity contribution in [1.29, 1.82) is 0 Å². The second kappa shape index (κ2) is 7.71. The highest BCUT2D eigenvalue weighted by Gasteiger charge is 2.15. The van der Waals surface area contributed by atoms with Crippen molar-refractivity contribution in [3.05, 3.63) is 29.8 Å². The number of carbonyl (C=O) groups is 1. The molecule has 0 saturated heterocycles. The topological polar surface area (TPSA) is 47.6 Å². The summed E-state index contributed by atoms with van der Waals surface area (Å²) in [5.74, 6) is 0.602. The van der Waals surface area contributed by atoms with Crippen LogP contribution < -0.4 is 10.1 Å². The van der Waals surface area contributed by atoms with Crippen molar-refractivity contribution in [1.82, 2.24) is 5.32 Å². The van der Waals surface area contributed by atoms with Gasteiger partial charge in [0.15, 0.2) is 0 Å². The van der Waals surface area contributed by atoms with E-state index in [1.54, 1.807) is 7.11 Å². The van der Waals surface area contributed by atoms with Crippen LogP contribution in [0.4, 0.5) is 0 Å². The van der Waals surface area contributed by atoms with E-state index in [9.17, 15) is 4.79 Å². The van der Waals surface area contributed by atoms with Gasteiger partial charge in [-0.05, 0) is 30.7 Å². The number of ether oxygens (including phenoxy) is 2. The van der Waals surface area contributed by atoms with Gasteiger partial charge in [0.25, 0.3) is 0 Å². The lowest BCUT2D eigenvalue weighted by Crippen LogP contribution is -2.25. The molecule has 0 heterocycles. The Bertz CT molecular complexity index is 362. The van der Waals surface area contributed by atoms with Crippen molar-refractivity contribution in [2.45, 2.75) is 25.8 Å². The summed E-state index contributed by atoms with van der Waals surface area (Å²) < 4.78 is 9.84. The van der Waals surface area contributed by atoms with Crippen molar-refractivity contribution >= 4 is 5.97 Å². The molecular weight excluding hydrogens is 230 g/mol. The normalized spacial score (nSPS) is 11.9. The number of esters is 1. The molecule has 1 rings (SSSR count). The van der Waals surface area contributed by atoms with Gasteiger partial charge in [0.05, 0.1) is 20.6 Å². The number of carbonyl (C=O) groups excluding carboxylic acids is 1. The Morgan fingerprint density at radius 2 is 1.94 bits per heavy atom. The van der Waals surface area contributed by atoms with Crippen LogP contribution in [0.2, 0.25) is 0 Å². The van der Waals surface area contributed by atoms with E-state index < -0.39 is 0 Å². The zero-order valence-electron chi connectivity index (χ0n) is 11.2. The van der Waals surface area contributed by atoms with Crippen LogP contribution in [0.15, 0.2) is 24.3 Å². The molecule has 4 nitrogen and oxygen atoms in total. The van der Waals surface area contributed by atoms with Gasteiger partial charge in [0, 0.05) is 6.04 Å². The van der Waals surface area contributed by atoms with Gasteiger partial charge in [-0.3, -0.25) is 4.79 Å². The Labute approximate surface area is 108 Å². The molecule has 1 N–H and O–H groups in total. The fraction of sp³-hybridized carbons (Fsp3) is 0.500. The third-order valence-corrected chi connectivity index (χ3v) is 2.76. The minimum Gasteiger partial charge on any atom is -0.497 e. The van der Waals surface area contributed by atoms with Gasteiger partial charge in [-0.1, -0.05) is 19.1 Å². The summed E-state index contributed by atoms with van der Waals surface area (Å²) in [4.78, 5) is 11.4. The maximum absolute atomic E-state index is 11.4. The lowest BCUT2D eigenvalue weighted by Gasteiger charge is -2.18. The van der Waals surface area contributed by atoms with Crippen molar-refractivity contribution in [3.8, 4) is 5.75 Å². The number of rotatable bonds is 7. The molecule has 0 aliphatic rings. The van der Waals surface area contributed by atoms with Crippen LogP contribution in [0, 0.1) is 0 Å². The second-order valence-electron chi connectivity index (χ2n) is 4.06. The number of nitrogens with one attached hydrogen (secondary N) is 1. The maximum Gasteiger partial charge on any atom is 0.307 e. The summed E-state index contributed by atoms with van der Waals surface area (Å²) in [5, 5.41) is 3.35. The Morgan fingerprint density at radius 3 is 2.44 bits per heavy atom. The number of methoxy groups -OCH3 is 2. The first kappa shape index (κ1) is 14.5. The van der Waals surface area contributed by atoms with Crippen molar-refractivity contribution in [2.75, 3.05) is 20.8 Å². The molecule has 0 bridgehead atoms. The van der Waals surface area contributed by atoms with E-state index >= 15 is 0 Å². The summed E-state index contributed by atoms with van der Waals surface area (Å²) in [6, 6.07) is 7.72. The minimum atomic E-state index is -0.209. The van der Waals surface area contributed by atoms with Gasteiger partial charge < -0.3 is 14.8 Å². The first-order valence-corrected chi connectivity index (χ1v) is 6.15. The molecule has 0 saturated carbocycles. The molecule has 0 spiro atoms. The average Bonchev–Trinajstić information content (AvgIpc) is 2.43. The van der Waals surface area contributed by atoms with Crippen LogP contribution in [0.1, 0.15) is 31.4 Å². The molecule has 0 aromatic heterocycles. The molecule has 0 fully saturated rings. The van der Waals surface area contributed by atoms with Crippen LogP contribution in [0.25, 0.3) is 0 Å². The predicted molar refractivity (Wildman–Crippen MR) is 70.7 cm³/mol. The summed E-state index contributed by atoms with van der Waals surface area (Å²) in [5.41, 5.74) is 1.06. The van der Waals surface area contributed by atoms with Crippen molar-refractivity contribution < 1.29 is 14.3 Å². The molecule has 0 amide bonds. The fourth-order valence-electron chi connectivity index (χ4n) is 1.71. The summed E-state index contributed by atoms with van der Waals surface area (Å²) >= 11 is 0. The average molecular weight is 251 g/mol. The smallest absolute Gasteiger partial charge is 0.307 e. The summed E-state index contributed by atoms with van der Waals surface area (Å²) in [6.07, 6.45) is 1.36. The molecule has 0 aliphatic heterocycles. The molecule has 1 aromatic rings. The minimum absolute atomic E-state index is 0.0108. The fourth-order valence-corrected chi connectivity index (χ4v) is 1.71. The van der Waals surface area contributed by atoms with Gasteiger partial charge in [0.2, 0.25) is 0 Å². The van der Waals surface area contributed by atoms with Gasteiger partial charge in [0.1, 0.15) is 5.75 Å². The number of hydrogen-bond donors (Lipinski definition) is 1. The Morgan fingerprint density at radius 1 is 1.28 bits per heavy atom. The molecule has 0 aliphatic carbocycles.